The average molecular weight is 218 g/mol. The predicted octanol–water partition coefficient (Wildman–Crippen LogP) is 2.57. The van der Waals surface area contributed by atoms with E-state index in [9.17, 15) is 4.79 Å². The molecule has 1 aromatic carbocycles. The summed E-state index contributed by atoms with van der Waals surface area (Å²) in [5, 5.41) is 8.69. The Balaban J connectivity index is 2.33. The van der Waals surface area contributed by atoms with Crippen LogP contribution >= 0.6 is 0 Å². The Morgan fingerprint density at radius 1 is 1.31 bits per heavy atom. The van der Waals surface area contributed by atoms with Gasteiger partial charge in [-0.25, -0.2) is 4.79 Å². The highest BCUT2D eigenvalue weighted by Crippen LogP contribution is 2.12. The summed E-state index contributed by atoms with van der Waals surface area (Å²) in [5.74, 6) is 2.32. The van der Waals surface area contributed by atoms with Crippen molar-refractivity contribution in [1.29, 1.82) is 0 Å². The number of carboxylic acids is 1. The van der Waals surface area contributed by atoms with Gasteiger partial charge in [0.2, 0.25) is 0 Å². The number of ether oxygens (including phenoxy) is 1. The minimum atomic E-state index is -0.930. The Morgan fingerprint density at radius 3 is 2.56 bits per heavy atom. The summed E-state index contributed by atoms with van der Waals surface area (Å²) < 4.78 is 5.43. The van der Waals surface area contributed by atoms with E-state index in [0.29, 0.717) is 12.4 Å². The van der Waals surface area contributed by atoms with Gasteiger partial charge < -0.3 is 9.84 Å². The number of hydrogen-bond acceptors (Lipinski definition) is 2. The molecule has 84 valence electrons. The van der Waals surface area contributed by atoms with Crippen LogP contribution in [0.3, 0.4) is 0 Å². The minimum Gasteiger partial charge on any atom is -0.494 e. The smallest absolute Gasteiger partial charge is 0.335 e. The monoisotopic (exact) mass is 218 g/mol. The minimum absolute atomic E-state index is 0.264. The number of carboxylic acid groups (broad SMARTS) is 1. The molecule has 0 amide bonds. The van der Waals surface area contributed by atoms with Crippen LogP contribution < -0.4 is 4.74 Å². The number of rotatable bonds is 6. The summed E-state index contributed by atoms with van der Waals surface area (Å²) in [7, 11) is 0. The number of benzene rings is 1. The van der Waals surface area contributed by atoms with Crippen LogP contribution in [0.1, 0.15) is 29.6 Å². The van der Waals surface area contributed by atoms with E-state index in [1.54, 1.807) is 12.1 Å². The number of aromatic carboxylic acids is 1. The van der Waals surface area contributed by atoms with Gasteiger partial charge in [-0.1, -0.05) is 0 Å². The third kappa shape index (κ3) is 4.05. The molecular formula is C13H14O3. The summed E-state index contributed by atoms with van der Waals surface area (Å²) in [6.07, 6.45) is 7.74. The van der Waals surface area contributed by atoms with Crippen molar-refractivity contribution in [3.05, 3.63) is 29.8 Å². The van der Waals surface area contributed by atoms with E-state index in [1.165, 1.54) is 12.1 Å². The third-order valence-electron chi connectivity index (χ3n) is 2.09. The van der Waals surface area contributed by atoms with E-state index in [0.717, 1.165) is 19.3 Å². The van der Waals surface area contributed by atoms with Gasteiger partial charge in [0, 0.05) is 6.42 Å². The molecule has 0 aliphatic carbocycles. The van der Waals surface area contributed by atoms with E-state index < -0.39 is 5.97 Å². The standard InChI is InChI=1S/C13H14O3/c1-2-3-4-5-10-16-12-8-6-11(7-9-12)13(14)15/h1,6-9H,3-5,10H2,(H,14,15). The largest absolute Gasteiger partial charge is 0.494 e. The first-order valence-corrected chi connectivity index (χ1v) is 5.13. The van der Waals surface area contributed by atoms with Gasteiger partial charge in [0.05, 0.1) is 12.2 Å². The van der Waals surface area contributed by atoms with Crippen LogP contribution in [0.25, 0.3) is 0 Å². The van der Waals surface area contributed by atoms with Crippen LogP contribution in [-0.4, -0.2) is 17.7 Å². The molecule has 0 radical (unpaired) electrons. The molecule has 0 aromatic heterocycles. The van der Waals surface area contributed by atoms with Crippen LogP contribution in [0.15, 0.2) is 24.3 Å². The van der Waals surface area contributed by atoms with Crippen LogP contribution in [-0.2, 0) is 0 Å². The van der Waals surface area contributed by atoms with Gasteiger partial charge in [-0.2, -0.15) is 0 Å². The maximum Gasteiger partial charge on any atom is 0.335 e. The molecule has 0 unspecified atom stereocenters. The Bertz CT molecular complexity index is 373. The molecule has 1 aromatic rings. The Hall–Kier alpha value is -1.95. The summed E-state index contributed by atoms with van der Waals surface area (Å²) in [6.45, 7) is 0.605. The molecule has 0 aliphatic heterocycles. The summed E-state index contributed by atoms with van der Waals surface area (Å²) >= 11 is 0. The van der Waals surface area contributed by atoms with Crippen molar-refractivity contribution in [2.24, 2.45) is 0 Å². The lowest BCUT2D eigenvalue weighted by molar-refractivity contribution is 0.0697. The fourth-order valence-electron chi connectivity index (χ4n) is 1.21. The number of terminal acetylenes is 1. The second-order valence-corrected chi connectivity index (χ2v) is 3.34. The van der Waals surface area contributed by atoms with E-state index >= 15 is 0 Å². The highest BCUT2D eigenvalue weighted by atomic mass is 16.5. The third-order valence-corrected chi connectivity index (χ3v) is 2.09. The van der Waals surface area contributed by atoms with Gasteiger partial charge in [-0.05, 0) is 37.1 Å². The van der Waals surface area contributed by atoms with Crippen molar-refractivity contribution in [2.75, 3.05) is 6.61 Å². The molecule has 0 bridgehead atoms. The zero-order valence-corrected chi connectivity index (χ0v) is 8.98. The van der Waals surface area contributed by atoms with Crippen molar-refractivity contribution in [3.8, 4) is 18.1 Å². The van der Waals surface area contributed by atoms with Crippen molar-refractivity contribution in [1.82, 2.24) is 0 Å². The van der Waals surface area contributed by atoms with Gasteiger partial charge >= 0.3 is 5.97 Å². The van der Waals surface area contributed by atoms with E-state index in [1.807, 2.05) is 0 Å². The summed E-state index contributed by atoms with van der Waals surface area (Å²) in [6, 6.07) is 6.37. The molecule has 3 nitrogen and oxygen atoms in total. The SMILES string of the molecule is C#CCCCCOc1ccc(C(=O)O)cc1. The molecule has 3 heteroatoms. The van der Waals surface area contributed by atoms with Crippen LogP contribution in [0.4, 0.5) is 0 Å². The first kappa shape index (κ1) is 12.1. The molecule has 0 atom stereocenters. The number of unbranched alkanes of at least 4 members (excludes halogenated alkanes) is 2. The van der Waals surface area contributed by atoms with Crippen molar-refractivity contribution in [2.45, 2.75) is 19.3 Å². The lowest BCUT2D eigenvalue weighted by Gasteiger charge is -2.05. The maximum atomic E-state index is 10.6. The average Bonchev–Trinajstić information content (AvgIpc) is 2.29. The number of hydrogen-bond donors (Lipinski definition) is 1. The molecule has 1 rings (SSSR count). The quantitative estimate of drug-likeness (QED) is 0.589. The van der Waals surface area contributed by atoms with E-state index in [2.05, 4.69) is 5.92 Å². The van der Waals surface area contributed by atoms with Gasteiger partial charge in [0.25, 0.3) is 0 Å². The molecule has 0 aliphatic rings. The van der Waals surface area contributed by atoms with Crippen molar-refractivity contribution in [3.63, 3.8) is 0 Å². The van der Waals surface area contributed by atoms with Crippen LogP contribution in [0.5, 0.6) is 5.75 Å². The van der Waals surface area contributed by atoms with E-state index in [-0.39, 0.29) is 5.56 Å². The van der Waals surface area contributed by atoms with E-state index in [4.69, 9.17) is 16.3 Å². The molecule has 16 heavy (non-hydrogen) atoms. The lowest BCUT2D eigenvalue weighted by atomic mass is 10.2. The fraction of sp³-hybridized carbons (Fsp3) is 0.308. The van der Waals surface area contributed by atoms with Crippen LogP contribution in [0, 0.1) is 12.3 Å². The zero-order valence-electron chi connectivity index (χ0n) is 8.98. The van der Waals surface area contributed by atoms with Crippen LogP contribution in [0.2, 0.25) is 0 Å². The molecule has 1 N–H and O–H groups in total. The van der Waals surface area contributed by atoms with Crippen molar-refractivity contribution >= 4 is 5.97 Å². The molecule has 0 saturated carbocycles. The van der Waals surface area contributed by atoms with Gasteiger partial charge in [0.1, 0.15) is 5.75 Å². The Kier molecular flexibility index (Phi) is 4.94. The zero-order chi connectivity index (χ0) is 11.8. The second-order valence-electron chi connectivity index (χ2n) is 3.34. The Labute approximate surface area is 95.1 Å². The predicted molar refractivity (Wildman–Crippen MR) is 61.6 cm³/mol. The molecular weight excluding hydrogens is 204 g/mol. The molecule has 0 fully saturated rings. The van der Waals surface area contributed by atoms with Gasteiger partial charge in [0.15, 0.2) is 0 Å². The summed E-state index contributed by atoms with van der Waals surface area (Å²) in [4.78, 5) is 10.6. The van der Waals surface area contributed by atoms with Crippen molar-refractivity contribution < 1.29 is 14.6 Å². The lowest BCUT2D eigenvalue weighted by Crippen LogP contribution is -1.99. The highest BCUT2D eigenvalue weighted by molar-refractivity contribution is 5.87. The molecule has 0 saturated heterocycles. The second kappa shape index (κ2) is 6.52. The van der Waals surface area contributed by atoms with Gasteiger partial charge in [-0.15, -0.1) is 12.3 Å². The summed E-state index contributed by atoms with van der Waals surface area (Å²) in [5.41, 5.74) is 0.264. The number of carbonyl (C=O) groups is 1. The maximum absolute atomic E-state index is 10.6. The first-order valence-electron chi connectivity index (χ1n) is 5.13. The molecule has 0 spiro atoms. The molecule has 0 heterocycles. The fourth-order valence-corrected chi connectivity index (χ4v) is 1.21. The Morgan fingerprint density at radius 2 is 2.00 bits per heavy atom. The highest BCUT2D eigenvalue weighted by Gasteiger charge is 2.01. The van der Waals surface area contributed by atoms with Gasteiger partial charge in [-0.3, -0.25) is 0 Å². The first-order chi connectivity index (χ1) is 7.74. The normalized spacial score (nSPS) is 9.44. The topological polar surface area (TPSA) is 46.5 Å².